The molecule has 0 atom stereocenters. The molecule has 17 heavy (non-hydrogen) atoms. The van der Waals surface area contributed by atoms with Crippen molar-refractivity contribution in [3.8, 4) is 0 Å². The lowest BCUT2D eigenvalue weighted by atomic mass is 10.1. The van der Waals surface area contributed by atoms with Crippen LogP contribution in [0, 0.1) is 0 Å². The highest BCUT2D eigenvalue weighted by Crippen LogP contribution is 2.10. The van der Waals surface area contributed by atoms with Crippen molar-refractivity contribution in [2.24, 2.45) is 0 Å². The Morgan fingerprint density at radius 3 is 2.35 bits per heavy atom. The van der Waals surface area contributed by atoms with Gasteiger partial charge in [0, 0.05) is 12.2 Å². The molecule has 98 valence electrons. The summed E-state index contributed by atoms with van der Waals surface area (Å²) >= 11 is 1.57. The molecule has 0 aliphatic carbocycles. The van der Waals surface area contributed by atoms with Gasteiger partial charge in [-0.25, -0.2) is 0 Å². The molecule has 1 aliphatic rings. The molecule has 2 nitrogen and oxygen atoms in total. The van der Waals surface area contributed by atoms with E-state index in [1.165, 1.54) is 51.4 Å². The molecule has 1 N–H and O–H groups in total. The fraction of sp³-hybridized carbons (Fsp3) is 0.786. The normalized spacial score (nSPS) is 22.0. The summed E-state index contributed by atoms with van der Waals surface area (Å²) < 4.78 is 2.92. The second-order valence-electron chi connectivity index (χ2n) is 4.65. The maximum Gasteiger partial charge on any atom is 0.229 e. The molecule has 0 radical (unpaired) electrons. The van der Waals surface area contributed by atoms with E-state index < -0.39 is 0 Å². The lowest BCUT2D eigenvalue weighted by Crippen LogP contribution is -2.15. The van der Waals surface area contributed by atoms with Crippen LogP contribution in [0.1, 0.15) is 64.2 Å². The summed E-state index contributed by atoms with van der Waals surface area (Å²) in [7, 11) is 0. The van der Waals surface area contributed by atoms with Crippen molar-refractivity contribution in [3.05, 3.63) is 12.2 Å². The number of amides is 1. The third kappa shape index (κ3) is 9.28. The number of carbonyl (C=O) groups excluding carboxylic acids is 1. The van der Waals surface area contributed by atoms with Crippen molar-refractivity contribution < 1.29 is 4.79 Å². The summed E-state index contributed by atoms with van der Waals surface area (Å²) in [6.45, 7) is 0. The van der Waals surface area contributed by atoms with E-state index in [-0.39, 0.29) is 5.91 Å². The van der Waals surface area contributed by atoms with Gasteiger partial charge in [0.2, 0.25) is 5.91 Å². The van der Waals surface area contributed by atoms with Crippen LogP contribution in [0.5, 0.6) is 0 Å². The third-order valence-electron chi connectivity index (χ3n) is 2.99. The zero-order valence-corrected chi connectivity index (χ0v) is 11.6. The molecule has 0 fully saturated rings. The van der Waals surface area contributed by atoms with Crippen LogP contribution in [0.4, 0.5) is 0 Å². The molecular formula is C14H25NOS. The largest absolute Gasteiger partial charge is 0.300 e. The summed E-state index contributed by atoms with van der Waals surface area (Å²) in [4.78, 5) is 11.4. The molecule has 0 aromatic rings. The molecule has 0 aromatic carbocycles. The van der Waals surface area contributed by atoms with E-state index in [0.29, 0.717) is 6.42 Å². The summed E-state index contributed by atoms with van der Waals surface area (Å²) in [5.74, 6) is 1.25. The summed E-state index contributed by atoms with van der Waals surface area (Å²) in [6.07, 6.45) is 16.3. The number of carbonyl (C=O) groups is 1. The third-order valence-corrected chi connectivity index (χ3v) is 3.86. The van der Waals surface area contributed by atoms with Gasteiger partial charge >= 0.3 is 0 Å². The molecule has 0 unspecified atom stereocenters. The number of hydrogen-bond donors (Lipinski definition) is 1. The van der Waals surface area contributed by atoms with Crippen LogP contribution in [0.25, 0.3) is 0 Å². The quantitative estimate of drug-likeness (QED) is 0.518. The van der Waals surface area contributed by atoms with Crippen molar-refractivity contribution in [3.63, 3.8) is 0 Å². The molecule has 0 saturated heterocycles. The molecule has 3 heteroatoms. The van der Waals surface area contributed by atoms with Crippen LogP contribution < -0.4 is 4.72 Å². The second kappa shape index (κ2) is 10.7. The minimum atomic E-state index is 0.210. The zero-order valence-electron chi connectivity index (χ0n) is 10.7. The summed E-state index contributed by atoms with van der Waals surface area (Å²) in [6, 6.07) is 0. The van der Waals surface area contributed by atoms with Gasteiger partial charge < -0.3 is 4.72 Å². The number of rotatable bonds is 0. The van der Waals surface area contributed by atoms with Gasteiger partial charge in [0.25, 0.3) is 0 Å². The van der Waals surface area contributed by atoms with Gasteiger partial charge in [-0.15, -0.1) is 0 Å². The molecule has 0 bridgehead atoms. The number of allylic oxidation sites excluding steroid dienone is 2. The predicted molar refractivity (Wildman–Crippen MR) is 75.9 cm³/mol. The van der Waals surface area contributed by atoms with Gasteiger partial charge in [0.15, 0.2) is 0 Å². The Kier molecular flexibility index (Phi) is 9.20. The second-order valence-corrected chi connectivity index (χ2v) is 5.55. The van der Waals surface area contributed by atoms with Crippen molar-refractivity contribution in [1.29, 1.82) is 0 Å². The van der Waals surface area contributed by atoms with Crippen LogP contribution >= 0.6 is 11.9 Å². The standard InChI is InChI=1S/C14H25NOS/c16-14-12-10-8-6-4-2-1-3-5-7-9-11-13-17-15-14/h3,5H,1-2,4,6-13H2,(H,15,16). The fourth-order valence-electron chi connectivity index (χ4n) is 1.93. The Bertz CT molecular complexity index is 228. The van der Waals surface area contributed by atoms with Crippen molar-refractivity contribution >= 4 is 17.9 Å². The van der Waals surface area contributed by atoms with E-state index in [1.807, 2.05) is 0 Å². The van der Waals surface area contributed by atoms with Gasteiger partial charge in [-0.05, 0) is 38.5 Å². The average Bonchev–Trinajstić information content (AvgIpc) is 2.32. The Morgan fingerprint density at radius 1 is 0.882 bits per heavy atom. The topological polar surface area (TPSA) is 29.1 Å². The first kappa shape index (κ1) is 14.6. The lowest BCUT2D eigenvalue weighted by Gasteiger charge is -2.05. The SMILES string of the molecule is O=C1CCCCCCCC=CCCCCSN1. The van der Waals surface area contributed by atoms with Crippen LogP contribution in [-0.4, -0.2) is 11.7 Å². The minimum Gasteiger partial charge on any atom is -0.300 e. The fourth-order valence-corrected chi connectivity index (χ4v) is 2.65. The molecule has 0 saturated carbocycles. The van der Waals surface area contributed by atoms with Gasteiger partial charge in [0.1, 0.15) is 0 Å². The number of hydrogen-bond acceptors (Lipinski definition) is 2. The first-order valence-electron chi connectivity index (χ1n) is 6.95. The smallest absolute Gasteiger partial charge is 0.229 e. The Labute approximate surface area is 110 Å². The average molecular weight is 255 g/mol. The van der Waals surface area contributed by atoms with Crippen molar-refractivity contribution in [2.45, 2.75) is 64.2 Å². The van der Waals surface area contributed by atoms with Gasteiger partial charge in [0.05, 0.1) is 0 Å². The van der Waals surface area contributed by atoms with E-state index in [2.05, 4.69) is 16.9 Å². The van der Waals surface area contributed by atoms with Gasteiger partial charge in [-0.2, -0.15) is 0 Å². The number of nitrogens with one attached hydrogen (secondary N) is 1. The van der Waals surface area contributed by atoms with Crippen LogP contribution in [-0.2, 0) is 4.79 Å². The molecule has 0 aromatic heterocycles. The highest BCUT2D eigenvalue weighted by atomic mass is 32.2. The molecule has 1 rings (SSSR count). The van der Waals surface area contributed by atoms with E-state index in [1.54, 1.807) is 11.9 Å². The molecule has 1 amide bonds. The zero-order chi connectivity index (χ0) is 12.2. The Morgan fingerprint density at radius 2 is 1.53 bits per heavy atom. The highest BCUT2D eigenvalue weighted by Gasteiger charge is 2.01. The maximum atomic E-state index is 11.4. The van der Waals surface area contributed by atoms with Crippen molar-refractivity contribution in [1.82, 2.24) is 4.72 Å². The first-order valence-corrected chi connectivity index (χ1v) is 7.94. The Hall–Kier alpha value is -0.440. The molecule has 1 aliphatic heterocycles. The van der Waals surface area contributed by atoms with E-state index >= 15 is 0 Å². The van der Waals surface area contributed by atoms with Gasteiger partial charge in [-0.1, -0.05) is 43.4 Å². The molecule has 0 spiro atoms. The lowest BCUT2D eigenvalue weighted by molar-refractivity contribution is -0.119. The monoisotopic (exact) mass is 255 g/mol. The molecular weight excluding hydrogens is 230 g/mol. The highest BCUT2D eigenvalue weighted by molar-refractivity contribution is 7.97. The van der Waals surface area contributed by atoms with Gasteiger partial charge in [-0.3, -0.25) is 4.79 Å². The summed E-state index contributed by atoms with van der Waals surface area (Å²) in [5, 5.41) is 0. The van der Waals surface area contributed by atoms with Crippen LogP contribution in [0.2, 0.25) is 0 Å². The van der Waals surface area contributed by atoms with Crippen molar-refractivity contribution in [2.75, 3.05) is 5.75 Å². The first-order chi connectivity index (χ1) is 8.39. The van der Waals surface area contributed by atoms with Crippen LogP contribution in [0.3, 0.4) is 0 Å². The predicted octanol–water partition coefficient (Wildman–Crippen LogP) is 4.22. The molecule has 1 heterocycles. The summed E-state index contributed by atoms with van der Waals surface area (Å²) in [5.41, 5.74) is 0. The van der Waals surface area contributed by atoms with E-state index in [9.17, 15) is 4.79 Å². The van der Waals surface area contributed by atoms with E-state index in [4.69, 9.17) is 0 Å². The van der Waals surface area contributed by atoms with Crippen LogP contribution in [0.15, 0.2) is 12.2 Å². The maximum absolute atomic E-state index is 11.4. The van der Waals surface area contributed by atoms with E-state index in [0.717, 1.165) is 12.2 Å². The Balaban J connectivity index is 2.18. The minimum absolute atomic E-state index is 0.210.